The van der Waals surface area contributed by atoms with Crippen molar-refractivity contribution in [1.29, 1.82) is 0 Å². The van der Waals surface area contributed by atoms with Crippen LogP contribution in [0.4, 0.5) is 0 Å². The second-order valence-electron chi connectivity index (χ2n) is 4.27. The van der Waals surface area contributed by atoms with Crippen LogP contribution in [0.5, 0.6) is 0 Å². The highest BCUT2D eigenvalue weighted by atomic mass is 32.2. The Bertz CT molecular complexity index is 823. The Morgan fingerprint density at radius 2 is 2.15 bits per heavy atom. The molecule has 1 aromatic carbocycles. The minimum Gasteiger partial charge on any atom is -0.267 e. The molecule has 20 heavy (non-hydrogen) atoms. The second kappa shape index (κ2) is 5.38. The molecule has 0 aliphatic heterocycles. The number of fused-ring (bicyclic) bond motifs is 1. The molecule has 0 amide bonds. The van der Waals surface area contributed by atoms with Crippen LogP contribution in [-0.2, 0) is 0 Å². The fourth-order valence-electron chi connectivity index (χ4n) is 1.98. The van der Waals surface area contributed by atoms with E-state index in [4.69, 9.17) is 0 Å². The molecule has 0 saturated carbocycles. The Hall–Kier alpha value is -1.66. The van der Waals surface area contributed by atoms with Gasteiger partial charge in [0.25, 0.3) is 5.56 Å². The quantitative estimate of drug-likeness (QED) is 0.697. The van der Waals surface area contributed by atoms with Crippen LogP contribution in [0.15, 0.2) is 39.7 Å². The minimum absolute atomic E-state index is 0.0512. The van der Waals surface area contributed by atoms with Crippen molar-refractivity contribution in [3.05, 3.63) is 46.5 Å². The van der Waals surface area contributed by atoms with E-state index in [9.17, 15) is 4.79 Å². The first-order valence-electron chi connectivity index (χ1n) is 6.27. The molecule has 6 heteroatoms. The van der Waals surface area contributed by atoms with Crippen molar-refractivity contribution in [2.75, 3.05) is 5.75 Å². The summed E-state index contributed by atoms with van der Waals surface area (Å²) < 4.78 is 3.11. The highest BCUT2D eigenvalue weighted by Gasteiger charge is 2.12. The van der Waals surface area contributed by atoms with Crippen molar-refractivity contribution in [3.63, 3.8) is 0 Å². The van der Waals surface area contributed by atoms with E-state index in [0.717, 1.165) is 21.3 Å². The van der Waals surface area contributed by atoms with Gasteiger partial charge >= 0.3 is 0 Å². The standard InChI is InChI=1S/C14H13N3OS2/c1-3-19-14-16-12-11(20-14)13(18)17(8-15-12)10-7-5-4-6-9(10)2/h4-8H,3H2,1-2H3. The van der Waals surface area contributed by atoms with Gasteiger partial charge in [-0.3, -0.25) is 9.36 Å². The number of thiazole rings is 1. The van der Waals surface area contributed by atoms with Gasteiger partial charge in [0, 0.05) is 0 Å². The molecule has 0 N–H and O–H groups in total. The molecule has 0 aliphatic rings. The Balaban J connectivity index is 2.21. The monoisotopic (exact) mass is 303 g/mol. The number of benzene rings is 1. The highest BCUT2D eigenvalue weighted by molar-refractivity contribution is 8.01. The SMILES string of the molecule is CCSc1nc2ncn(-c3ccccc3C)c(=O)c2s1. The zero-order valence-electron chi connectivity index (χ0n) is 11.2. The van der Waals surface area contributed by atoms with Crippen molar-refractivity contribution in [1.82, 2.24) is 14.5 Å². The Morgan fingerprint density at radius 3 is 2.90 bits per heavy atom. The fraction of sp³-hybridized carbons (Fsp3) is 0.214. The Labute approximate surface area is 124 Å². The van der Waals surface area contributed by atoms with Crippen LogP contribution >= 0.6 is 23.1 Å². The van der Waals surface area contributed by atoms with Gasteiger partial charge in [0.2, 0.25) is 0 Å². The maximum absolute atomic E-state index is 12.6. The van der Waals surface area contributed by atoms with Gasteiger partial charge in [-0.15, -0.1) is 11.3 Å². The molecule has 2 aromatic heterocycles. The average molecular weight is 303 g/mol. The van der Waals surface area contributed by atoms with Crippen LogP contribution in [0, 0.1) is 6.92 Å². The van der Waals surface area contributed by atoms with Gasteiger partial charge in [-0.1, -0.05) is 36.9 Å². The zero-order valence-corrected chi connectivity index (χ0v) is 12.8. The molecule has 0 radical (unpaired) electrons. The van der Waals surface area contributed by atoms with E-state index in [0.29, 0.717) is 10.3 Å². The summed E-state index contributed by atoms with van der Waals surface area (Å²) in [4.78, 5) is 21.3. The molecule has 0 fully saturated rings. The number of thioether (sulfide) groups is 1. The average Bonchev–Trinajstić information content (AvgIpc) is 2.85. The molecule has 2 heterocycles. The molecule has 4 nitrogen and oxygen atoms in total. The van der Waals surface area contributed by atoms with E-state index >= 15 is 0 Å². The number of aryl methyl sites for hydroxylation is 1. The topological polar surface area (TPSA) is 47.8 Å². The first kappa shape index (κ1) is 13.3. The van der Waals surface area contributed by atoms with Crippen LogP contribution in [0.2, 0.25) is 0 Å². The molecule has 0 spiro atoms. The summed E-state index contributed by atoms with van der Waals surface area (Å²) >= 11 is 3.05. The summed E-state index contributed by atoms with van der Waals surface area (Å²) in [5.74, 6) is 0.936. The maximum atomic E-state index is 12.6. The zero-order chi connectivity index (χ0) is 14.1. The van der Waals surface area contributed by atoms with Crippen LogP contribution < -0.4 is 5.56 Å². The molecular weight excluding hydrogens is 290 g/mol. The predicted octanol–water partition coefficient (Wildman–Crippen LogP) is 3.26. The number of hydrogen-bond acceptors (Lipinski definition) is 5. The lowest BCUT2D eigenvalue weighted by Crippen LogP contribution is -2.18. The lowest BCUT2D eigenvalue weighted by Gasteiger charge is -2.07. The third-order valence-electron chi connectivity index (χ3n) is 2.94. The van der Waals surface area contributed by atoms with Crippen LogP contribution in [-0.4, -0.2) is 20.3 Å². The predicted molar refractivity (Wildman–Crippen MR) is 84.1 cm³/mol. The highest BCUT2D eigenvalue weighted by Crippen LogP contribution is 2.26. The second-order valence-corrected chi connectivity index (χ2v) is 6.78. The van der Waals surface area contributed by atoms with Crippen molar-refractivity contribution in [2.45, 2.75) is 18.2 Å². The molecule has 0 atom stereocenters. The number of rotatable bonds is 3. The summed E-state index contributed by atoms with van der Waals surface area (Å²) in [5, 5.41) is 0. The third kappa shape index (κ3) is 2.25. The van der Waals surface area contributed by atoms with Gasteiger partial charge in [-0.05, 0) is 24.3 Å². The largest absolute Gasteiger partial charge is 0.277 e. The summed E-state index contributed by atoms with van der Waals surface area (Å²) in [6.07, 6.45) is 1.56. The van der Waals surface area contributed by atoms with Gasteiger partial charge in [-0.2, -0.15) is 0 Å². The first-order chi connectivity index (χ1) is 9.70. The molecule has 0 bridgehead atoms. The van der Waals surface area contributed by atoms with E-state index in [1.54, 1.807) is 22.7 Å². The molecule has 0 aliphatic carbocycles. The normalized spacial score (nSPS) is 11.1. The van der Waals surface area contributed by atoms with Crippen LogP contribution in [0.1, 0.15) is 12.5 Å². The molecular formula is C14H13N3OS2. The summed E-state index contributed by atoms with van der Waals surface area (Å²) in [7, 11) is 0. The van der Waals surface area contributed by atoms with E-state index < -0.39 is 0 Å². The summed E-state index contributed by atoms with van der Waals surface area (Å²) in [6, 6.07) is 7.78. The maximum Gasteiger partial charge on any atom is 0.277 e. The van der Waals surface area contributed by atoms with E-state index in [2.05, 4.69) is 16.9 Å². The van der Waals surface area contributed by atoms with Crippen molar-refractivity contribution < 1.29 is 0 Å². The molecule has 0 unspecified atom stereocenters. The number of nitrogens with zero attached hydrogens (tertiary/aromatic N) is 3. The molecule has 3 aromatic rings. The first-order valence-corrected chi connectivity index (χ1v) is 8.08. The molecule has 3 rings (SSSR count). The summed E-state index contributed by atoms with van der Waals surface area (Å²) in [5.41, 5.74) is 2.40. The van der Waals surface area contributed by atoms with Crippen molar-refractivity contribution in [2.24, 2.45) is 0 Å². The van der Waals surface area contributed by atoms with Gasteiger partial charge in [0.1, 0.15) is 11.0 Å². The Kier molecular flexibility index (Phi) is 3.58. The summed E-state index contributed by atoms with van der Waals surface area (Å²) in [6.45, 7) is 4.05. The fourth-order valence-corrected chi connectivity index (χ4v) is 3.90. The smallest absolute Gasteiger partial charge is 0.267 e. The van der Waals surface area contributed by atoms with E-state index in [1.807, 2.05) is 31.2 Å². The number of para-hydroxylation sites is 1. The van der Waals surface area contributed by atoms with Crippen LogP contribution in [0.3, 0.4) is 0 Å². The van der Waals surface area contributed by atoms with Gasteiger partial charge in [-0.25, -0.2) is 9.97 Å². The van der Waals surface area contributed by atoms with E-state index in [-0.39, 0.29) is 5.56 Å². The van der Waals surface area contributed by atoms with Gasteiger partial charge in [0.15, 0.2) is 9.99 Å². The third-order valence-corrected chi connectivity index (χ3v) is 5.00. The van der Waals surface area contributed by atoms with Crippen LogP contribution in [0.25, 0.3) is 16.0 Å². The van der Waals surface area contributed by atoms with Crippen molar-refractivity contribution in [3.8, 4) is 5.69 Å². The number of hydrogen-bond donors (Lipinski definition) is 0. The lowest BCUT2D eigenvalue weighted by molar-refractivity contribution is 0.950. The minimum atomic E-state index is -0.0512. The molecule has 0 saturated heterocycles. The van der Waals surface area contributed by atoms with Gasteiger partial charge < -0.3 is 0 Å². The lowest BCUT2D eigenvalue weighted by atomic mass is 10.2. The van der Waals surface area contributed by atoms with E-state index in [1.165, 1.54) is 11.3 Å². The van der Waals surface area contributed by atoms with Gasteiger partial charge in [0.05, 0.1) is 5.69 Å². The van der Waals surface area contributed by atoms with Crippen molar-refractivity contribution >= 4 is 33.4 Å². The Morgan fingerprint density at radius 1 is 1.35 bits per heavy atom. The number of aromatic nitrogens is 3. The molecule has 102 valence electrons.